The molecule has 2 aliphatic heterocycles. The molecule has 0 spiro atoms. The molecule has 1 fully saturated rings. The summed E-state index contributed by atoms with van der Waals surface area (Å²) in [4.78, 5) is 47.4. The SMILES string of the molecule is CC(C)(C)OC(=O)N1CCc2ccc(-n3cnc4ccc(/C=C5\SC(=O)CC5=O)nc43)cc21. The van der Waals surface area contributed by atoms with E-state index in [9.17, 15) is 14.4 Å². The molecule has 8 nitrogen and oxygen atoms in total. The Bertz CT molecular complexity index is 1350. The smallest absolute Gasteiger partial charge is 0.414 e. The van der Waals surface area contributed by atoms with Crippen molar-refractivity contribution in [2.75, 3.05) is 11.4 Å². The maximum Gasteiger partial charge on any atom is 0.414 e. The van der Waals surface area contributed by atoms with Gasteiger partial charge in [-0.3, -0.25) is 19.1 Å². The second kappa shape index (κ2) is 7.84. The first kappa shape index (κ1) is 21.4. The lowest BCUT2D eigenvalue weighted by atomic mass is 10.1. The van der Waals surface area contributed by atoms with Crippen LogP contribution in [0.3, 0.4) is 0 Å². The molecule has 1 saturated heterocycles. The number of amides is 1. The Hall–Kier alpha value is -3.46. The molecule has 9 heteroatoms. The molecule has 2 aliphatic rings. The number of ether oxygens (including phenoxy) is 1. The normalized spacial score (nSPS) is 17.3. The summed E-state index contributed by atoms with van der Waals surface area (Å²) >= 11 is 0.958. The summed E-state index contributed by atoms with van der Waals surface area (Å²) in [7, 11) is 0. The van der Waals surface area contributed by atoms with Gasteiger partial charge in [0.05, 0.1) is 28.4 Å². The van der Waals surface area contributed by atoms with E-state index in [-0.39, 0.29) is 23.4 Å². The predicted octanol–water partition coefficient (Wildman–Crippen LogP) is 4.29. The number of Topliss-reactive ketones (excluding diaryl/α,β-unsaturated/α-hetero) is 1. The number of pyridine rings is 1. The Balaban J connectivity index is 1.51. The Labute approximate surface area is 194 Å². The van der Waals surface area contributed by atoms with Gasteiger partial charge in [0.15, 0.2) is 11.4 Å². The van der Waals surface area contributed by atoms with Gasteiger partial charge in [-0.05, 0) is 74.9 Å². The largest absolute Gasteiger partial charge is 0.443 e. The lowest BCUT2D eigenvalue weighted by Crippen LogP contribution is -2.35. The van der Waals surface area contributed by atoms with E-state index in [0.29, 0.717) is 28.3 Å². The zero-order chi connectivity index (χ0) is 23.3. The van der Waals surface area contributed by atoms with Crippen molar-refractivity contribution >= 4 is 51.7 Å². The molecule has 5 rings (SSSR count). The van der Waals surface area contributed by atoms with Gasteiger partial charge < -0.3 is 4.74 Å². The van der Waals surface area contributed by atoms with Crippen molar-refractivity contribution in [2.45, 2.75) is 39.2 Å². The third kappa shape index (κ3) is 4.16. The van der Waals surface area contributed by atoms with E-state index in [0.717, 1.165) is 35.1 Å². The van der Waals surface area contributed by atoms with Crippen LogP contribution in [0, 0.1) is 0 Å². The molecule has 0 bridgehead atoms. The number of allylic oxidation sites excluding steroid dienone is 1. The van der Waals surface area contributed by atoms with Crippen molar-refractivity contribution in [3.63, 3.8) is 0 Å². The molecule has 0 unspecified atom stereocenters. The van der Waals surface area contributed by atoms with Gasteiger partial charge in [0, 0.05) is 6.54 Å². The Morgan fingerprint density at radius 2 is 2.00 bits per heavy atom. The average Bonchev–Trinajstić information content (AvgIpc) is 3.42. The van der Waals surface area contributed by atoms with E-state index >= 15 is 0 Å². The summed E-state index contributed by atoms with van der Waals surface area (Å²) in [5.74, 6) is -0.179. The van der Waals surface area contributed by atoms with Crippen molar-refractivity contribution in [1.29, 1.82) is 0 Å². The van der Waals surface area contributed by atoms with Crippen LogP contribution in [0.15, 0.2) is 41.6 Å². The van der Waals surface area contributed by atoms with Gasteiger partial charge in [-0.2, -0.15) is 0 Å². The van der Waals surface area contributed by atoms with Crippen LogP contribution >= 0.6 is 11.8 Å². The van der Waals surface area contributed by atoms with Gasteiger partial charge in [-0.25, -0.2) is 14.8 Å². The van der Waals surface area contributed by atoms with Crippen LogP contribution in [0.25, 0.3) is 22.9 Å². The highest BCUT2D eigenvalue weighted by Crippen LogP contribution is 2.33. The summed E-state index contributed by atoms with van der Waals surface area (Å²) in [6.07, 6.45) is 3.65. The summed E-state index contributed by atoms with van der Waals surface area (Å²) in [5, 5.41) is -0.148. The fourth-order valence-corrected chi connectivity index (χ4v) is 4.69. The van der Waals surface area contributed by atoms with Crippen LogP contribution in [-0.4, -0.2) is 43.7 Å². The number of ketones is 1. The molecule has 168 valence electrons. The highest BCUT2D eigenvalue weighted by molar-refractivity contribution is 8.18. The number of benzene rings is 1. The van der Waals surface area contributed by atoms with Crippen LogP contribution in [0.2, 0.25) is 0 Å². The van der Waals surface area contributed by atoms with E-state index in [1.807, 2.05) is 49.6 Å². The van der Waals surface area contributed by atoms with E-state index < -0.39 is 5.60 Å². The summed E-state index contributed by atoms with van der Waals surface area (Å²) in [6, 6.07) is 9.52. The molecule has 0 N–H and O–H groups in total. The first-order valence-electron chi connectivity index (χ1n) is 10.6. The number of hydrogen-bond acceptors (Lipinski definition) is 7. The summed E-state index contributed by atoms with van der Waals surface area (Å²) < 4.78 is 7.42. The van der Waals surface area contributed by atoms with Gasteiger partial charge in [0.1, 0.15) is 17.4 Å². The lowest BCUT2D eigenvalue weighted by molar-refractivity contribution is -0.119. The van der Waals surface area contributed by atoms with Gasteiger partial charge in [-0.1, -0.05) is 6.07 Å². The van der Waals surface area contributed by atoms with Crippen LogP contribution in [0.4, 0.5) is 10.5 Å². The first-order valence-corrected chi connectivity index (χ1v) is 11.4. The molecule has 4 heterocycles. The Morgan fingerprint density at radius 3 is 2.73 bits per heavy atom. The number of carbonyl (C=O) groups is 3. The minimum Gasteiger partial charge on any atom is -0.443 e. The molecular weight excluding hydrogens is 440 g/mol. The number of anilines is 1. The quantitative estimate of drug-likeness (QED) is 0.414. The maximum atomic E-state index is 12.7. The highest BCUT2D eigenvalue weighted by atomic mass is 32.2. The third-order valence-corrected chi connectivity index (χ3v) is 6.29. The van der Waals surface area contributed by atoms with Gasteiger partial charge >= 0.3 is 6.09 Å². The molecule has 0 radical (unpaired) electrons. The van der Waals surface area contributed by atoms with Crippen LogP contribution in [-0.2, 0) is 20.7 Å². The minimum absolute atomic E-state index is 0.0695. The number of hydrogen-bond donors (Lipinski definition) is 0. The van der Waals surface area contributed by atoms with E-state index in [1.54, 1.807) is 23.4 Å². The number of carbonyl (C=O) groups excluding carboxylic acids is 3. The highest BCUT2D eigenvalue weighted by Gasteiger charge is 2.29. The van der Waals surface area contributed by atoms with Crippen LogP contribution in [0.5, 0.6) is 0 Å². The van der Waals surface area contributed by atoms with Crippen molar-refractivity contribution < 1.29 is 19.1 Å². The molecule has 1 amide bonds. The number of fused-ring (bicyclic) bond motifs is 2. The minimum atomic E-state index is -0.573. The second-order valence-corrected chi connectivity index (χ2v) is 10.1. The number of rotatable bonds is 2. The number of aromatic nitrogens is 3. The van der Waals surface area contributed by atoms with E-state index in [1.165, 1.54) is 0 Å². The second-order valence-electron chi connectivity index (χ2n) is 8.97. The Kier molecular flexibility index (Phi) is 5.08. The number of nitrogens with zero attached hydrogens (tertiary/aromatic N) is 4. The maximum absolute atomic E-state index is 12.7. The van der Waals surface area contributed by atoms with Crippen LogP contribution in [0.1, 0.15) is 38.4 Å². The van der Waals surface area contributed by atoms with Crippen molar-refractivity contribution in [3.8, 4) is 5.69 Å². The van der Waals surface area contributed by atoms with Crippen molar-refractivity contribution in [3.05, 3.63) is 52.8 Å². The predicted molar refractivity (Wildman–Crippen MR) is 126 cm³/mol. The molecule has 0 aliphatic carbocycles. The standard InChI is InChI=1S/C24H22N4O4S/c1-24(2,3)32-23(31)27-9-8-14-4-6-16(11-18(14)27)28-13-25-17-7-5-15(26-22(17)28)10-20-19(29)12-21(30)33-20/h4-7,10-11,13H,8-9,12H2,1-3H3/b20-10-. The molecule has 0 atom stereocenters. The first-order chi connectivity index (χ1) is 15.7. The van der Waals surface area contributed by atoms with Gasteiger partial charge in [-0.15, -0.1) is 0 Å². The zero-order valence-electron chi connectivity index (χ0n) is 18.5. The average molecular weight is 463 g/mol. The fraction of sp³-hybridized carbons (Fsp3) is 0.292. The van der Waals surface area contributed by atoms with Gasteiger partial charge in [0.2, 0.25) is 5.12 Å². The lowest BCUT2D eigenvalue weighted by Gasteiger charge is -2.25. The van der Waals surface area contributed by atoms with Gasteiger partial charge in [0.25, 0.3) is 0 Å². The number of thioether (sulfide) groups is 1. The van der Waals surface area contributed by atoms with E-state index in [4.69, 9.17) is 4.74 Å². The zero-order valence-corrected chi connectivity index (χ0v) is 19.3. The molecule has 33 heavy (non-hydrogen) atoms. The fourth-order valence-electron chi connectivity index (χ4n) is 3.88. The van der Waals surface area contributed by atoms with Crippen molar-refractivity contribution in [1.82, 2.24) is 14.5 Å². The number of imidazole rings is 1. The molecule has 3 aromatic rings. The topological polar surface area (TPSA) is 94.4 Å². The van der Waals surface area contributed by atoms with E-state index in [2.05, 4.69) is 9.97 Å². The molecule has 0 saturated carbocycles. The summed E-state index contributed by atoms with van der Waals surface area (Å²) in [5.41, 5.74) is 4.02. The Morgan fingerprint density at radius 1 is 1.18 bits per heavy atom. The van der Waals surface area contributed by atoms with Crippen molar-refractivity contribution in [2.24, 2.45) is 0 Å². The molecule has 1 aromatic carbocycles. The monoisotopic (exact) mass is 462 g/mol. The summed E-state index contributed by atoms with van der Waals surface area (Å²) in [6.45, 7) is 6.12. The molecular formula is C24H22N4O4S. The third-order valence-electron chi connectivity index (χ3n) is 5.36. The molecule has 2 aromatic heterocycles. The van der Waals surface area contributed by atoms with Crippen LogP contribution < -0.4 is 4.90 Å².